The molecule has 3 aliphatic heterocycles. The Morgan fingerprint density at radius 3 is 2.56 bits per heavy atom. The highest BCUT2D eigenvalue weighted by molar-refractivity contribution is 7.89. The van der Waals surface area contributed by atoms with Crippen LogP contribution in [0.3, 0.4) is 0 Å². The van der Waals surface area contributed by atoms with Gasteiger partial charge in [0, 0.05) is 12.0 Å². The van der Waals surface area contributed by atoms with Crippen molar-refractivity contribution in [2.24, 2.45) is 0 Å². The van der Waals surface area contributed by atoms with Crippen molar-refractivity contribution in [3.05, 3.63) is 12.2 Å². The quantitative estimate of drug-likeness (QED) is 0.250. The second-order valence-corrected chi connectivity index (χ2v) is 7.75. The summed E-state index contributed by atoms with van der Waals surface area (Å²) < 4.78 is 47.5. The van der Waals surface area contributed by atoms with Gasteiger partial charge in [-0.15, -0.1) is 0 Å². The van der Waals surface area contributed by atoms with Crippen LogP contribution >= 0.6 is 0 Å². The van der Waals surface area contributed by atoms with Crippen molar-refractivity contribution in [3.8, 4) is 0 Å². The smallest absolute Gasteiger partial charge is 0.344 e. The first-order chi connectivity index (χ1) is 11.6. The minimum absolute atomic E-state index is 0.0803. The third kappa shape index (κ3) is 2.37. The molecule has 0 spiro atoms. The van der Waals surface area contributed by atoms with Crippen molar-refractivity contribution in [3.63, 3.8) is 0 Å². The molecule has 0 aromatic rings. The number of ether oxygens (including phenoxy) is 4. The van der Waals surface area contributed by atoms with E-state index in [4.69, 9.17) is 13.7 Å². The van der Waals surface area contributed by atoms with Gasteiger partial charge in [0.15, 0.2) is 12.7 Å². The Balaban J connectivity index is 1.83. The van der Waals surface area contributed by atoms with Crippen molar-refractivity contribution in [1.82, 2.24) is 0 Å². The van der Waals surface area contributed by atoms with Crippen LogP contribution in [-0.4, -0.2) is 69.2 Å². The lowest BCUT2D eigenvalue weighted by molar-refractivity contribution is -0.166. The summed E-state index contributed by atoms with van der Waals surface area (Å²) in [5.41, 5.74) is 0.0803. The van der Waals surface area contributed by atoms with Crippen LogP contribution in [-0.2, 0) is 47.6 Å². The van der Waals surface area contributed by atoms with E-state index < -0.39 is 63.8 Å². The molecular weight excluding hydrogens is 360 g/mol. The molecule has 0 aromatic carbocycles. The van der Waals surface area contributed by atoms with Gasteiger partial charge in [-0.25, -0.2) is 14.4 Å². The van der Waals surface area contributed by atoms with Gasteiger partial charge in [0.25, 0.3) is 14.9 Å². The van der Waals surface area contributed by atoms with Gasteiger partial charge in [-0.1, -0.05) is 6.58 Å². The van der Waals surface area contributed by atoms with Gasteiger partial charge in [-0.3, -0.25) is 4.18 Å². The summed E-state index contributed by atoms with van der Waals surface area (Å²) in [4.78, 5) is 35.6. The molecule has 3 aliphatic rings. The van der Waals surface area contributed by atoms with Crippen LogP contribution in [0.2, 0.25) is 0 Å². The minimum atomic E-state index is -4.44. The molecule has 3 rings (SSSR count). The lowest BCUT2D eigenvalue weighted by Gasteiger charge is -2.30. The van der Waals surface area contributed by atoms with E-state index in [1.807, 2.05) is 0 Å². The SMILES string of the molecule is C=C(C)C(=O)OCC(=O)OC1C2CC3OS(=O)(=O)C1(C(=O)OC)C3O2. The summed E-state index contributed by atoms with van der Waals surface area (Å²) in [6.07, 6.45) is -4.10. The fraction of sp³-hybridized carbons (Fsp3) is 0.643. The molecule has 5 unspecified atom stereocenters. The van der Waals surface area contributed by atoms with Crippen molar-refractivity contribution >= 4 is 28.0 Å². The van der Waals surface area contributed by atoms with E-state index >= 15 is 0 Å². The van der Waals surface area contributed by atoms with Crippen LogP contribution in [0.15, 0.2) is 12.2 Å². The third-order valence-corrected chi connectivity index (χ3v) is 6.36. The standard InChI is InChI=1S/C14H16O10S/c1-6(2)12(16)21-5-9(15)23-10-7-4-8-11(22-7)14(10,13(17)20-3)25(18,19)24-8/h7-8,10-11H,1,4-5H2,2-3H3. The number of rotatable bonds is 5. The van der Waals surface area contributed by atoms with Gasteiger partial charge in [0.05, 0.1) is 7.11 Å². The van der Waals surface area contributed by atoms with Crippen LogP contribution < -0.4 is 0 Å². The normalized spacial score (nSPS) is 36.7. The van der Waals surface area contributed by atoms with Gasteiger partial charge >= 0.3 is 17.9 Å². The average Bonchev–Trinajstić information content (AvgIpc) is 3.11. The summed E-state index contributed by atoms with van der Waals surface area (Å²) in [5, 5.41) is 0. The largest absolute Gasteiger partial charge is 0.468 e. The Morgan fingerprint density at radius 2 is 1.96 bits per heavy atom. The fourth-order valence-electron chi connectivity index (χ4n) is 3.39. The van der Waals surface area contributed by atoms with E-state index in [0.29, 0.717) is 0 Å². The second-order valence-electron chi connectivity index (χ2n) is 5.97. The number of methoxy groups -OCH3 is 1. The van der Waals surface area contributed by atoms with Crippen molar-refractivity contribution in [1.29, 1.82) is 0 Å². The Bertz CT molecular complexity index is 756. The highest BCUT2D eigenvalue weighted by Gasteiger charge is 2.82. The van der Waals surface area contributed by atoms with E-state index in [9.17, 15) is 22.8 Å². The molecular formula is C14H16O10S. The lowest BCUT2D eigenvalue weighted by Crippen LogP contribution is -2.61. The van der Waals surface area contributed by atoms with Gasteiger partial charge in [-0.2, -0.15) is 8.42 Å². The van der Waals surface area contributed by atoms with Crippen LogP contribution in [0.1, 0.15) is 13.3 Å². The summed E-state index contributed by atoms with van der Waals surface area (Å²) in [6, 6.07) is 0. The number of fused-ring (bicyclic) bond motifs is 1. The highest BCUT2D eigenvalue weighted by Crippen LogP contribution is 2.55. The Kier molecular flexibility index (Phi) is 4.12. The van der Waals surface area contributed by atoms with Gasteiger partial charge in [-0.05, 0) is 6.92 Å². The summed E-state index contributed by atoms with van der Waals surface area (Å²) in [7, 11) is -3.43. The number of esters is 3. The molecule has 5 atom stereocenters. The van der Waals surface area contributed by atoms with Gasteiger partial charge in [0.1, 0.15) is 18.3 Å². The number of hydrogen-bond donors (Lipinski definition) is 0. The summed E-state index contributed by atoms with van der Waals surface area (Å²) in [6.45, 7) is 3.99. The molecule has 3 heterocycles. The first-order valence-electron chi connectivity index (χ1n) is 7.34. The molecule has 0 saturated carbocycles. The number of hydrogen-bond acceptors (Lipinski definition) is 10. The average molecular weight is 376 g/mol. The van der Waals surface area contributed by atoms with E-state index in [1.54, 1.807) is 0 Å². The van der Waals surface area contributed by atoms with Crippen molar-refractivity contribution in [2.75, 3.05) is 13.7 Å². The van der Waals surface area contributed by atoms with Gasteiger partial charge < -0.3 is 18.9 Å². The molecule has 0 radical (unpaired) electrons. The topological polar surface area (TPSA) is 132 Å². The van der Waals surface area contributed by atoms with Crippen LogP contribution in [0.4, 0.5) is 0 Å². The van der Waals surface area contributed by atoms with E-state index in [0.717, 1.165) is 7.11 Å². The molecule has 138 valence electrons. The molecule has 3 fully saturated rings. The van der Waals surface area contributed by atoms with Gasteiger partial charge in [0.2, 0.25) is 0 Å². The van der Waals surface area contributed by atoms with Crippen LogP contribution in [0.5, 0.6) is 0 Å². The molecule has 0 N–H and O–H groups in total. The van der Waals surface area contributed by atoms with E-state index in [2.05, 4.69) is 16.1 Å². The summed E-state index contributed by atoms with van der Waals surface area (Å²) >= 11 is 0. The predicted octanol–water partition coefficient (Wildman–Crippen LogP) is -1.17. The number of carbonyl (C=O) groups excluding carboxylic acids is 3. The molecule has 3 saturated heterocycles. The zero-order valence-electron chi connectivity index (χ0n) is 13.4. The Labute approximate surface area is 143 Å². The Morgan fingerprint density at radius 1 is 1.28 bits per heavy atom. The fourth-order valence-corrected chi connectivity index (χ4v) is 5.32. The third-order valence-electron chi connectivity index (χ3n) is 4.40. The van der Waals surface area contributed by atoms with E-state index in [-0.39, 0.29) is 12.0 Å². The Hall–Kier alpha value is -1.98. The molecule has 0 aromatic heterocycles. The second kappa shape index (κ2) is 5.78. The van der Waals surface area contributed by atoms with Crippen molar-refractivity contribution < 1.29 is 45.9 Å². The van der Waals surface area contributed by atoms with Crippen molar-refractivity contribution in [2.45, 2.75) is 42.5 Å². The molecule has 10 nitrogen and oxygen atoms in total. The maximum atomic E-state index is 12.5. The maximum absolute atomic E-state index is 12.5. The molecule has 0 amide bonds. The molecule has 25 heavy (non-hydrogen) atoms. The molecule has 2 bridgehead atoms. The first-order valence-corrected chi connectivity index (χ1v) is 8.74. The van der Waals surface area contributed by atoms with Crippen LogP contribution in [0, 0.1) is 0 Å². The lowest BCUT2D eigenvalue weighted by atomic mass is 9.83. The summed E-state index contributed by atoms with van der Waals surface area (Å²) in [5.74, 6) is -2.96. The highest BCUT2D eigenvalue weighted by atomic mass is 32.2. The molecule has 11 heteroatoms. The van der Waals surface area contributed by atoms with E-state index in [1.165, 1.54) is 6.92 Å². The zero-order valence-corrected chi connectivity index (χ0v) is 14.2. The maximum Gasteiger partial charge on any atom is 0.344 e. The minimum Gasteiger partial charge on any atom is -0.468 e. The monoisotopic (exact) mass is 376 g/mol. The predicted molar refractivity (Wildman–Crippen MR) is 77.5 cm³/mol. The number of carbonyl (C=O) groups is 3. The zero-order chi connectivity index (χ0) is 18.6. The molecule has 0 aliphatic carbocycles. The first kappa shape index (κ1) is 17.8. The van der Waals surface area contributed by atoms with Crippen LogP contribution in [0.25, 0.3) is 0 Å².